The van der Waals surface area contributed by atoms with Crippen molar-refractivity contribution in [1.82, 2.24) is 19.5 Å². The van der Waals surface area contributed by atoms with E-state index < -0.39 is 18.0 Å². The van der Waals surface area contributed by atoms with Crippen molar-refractivity contribution < 1.29 is 18.3 Å². The minimum atomic E-state index is -1.19. The number of nitrogens with zero attached hydrogens (tertiary/aromatic N) is 5. The van der Waals surface area contributed by atoms with Gasteiger partial charge in [0.15, 0.2) is 5.65 Å². The summed E-state index contributed by atoms with van der Waals surface area (Å²) in [5, 5.41) is 15.1. The zero-order valence-corrected chi connectivity index (χ0v) is 20.5. The van der Waals surface area contributed by atoms with Crippen LogP contribution in [0.25, 0.3) is 11.2 Å². The highest BCUT2D eigenvalue weighted by molar-refractivity contribution is 6.33. The number of primary amides is 1. The minimum absolute atomic E-state index is 0.00588. The topological polar surface area (TPSA) is 144 Å². The van der Waals surface area contributed by atoms with Gasteiger partial charge in [0.1, 0.15) is 17.5 Å². The van der Waals surface area contributed by atoms with Crippen LogP contribution < -0.4 is 16.4 Å². The van der Waals surface area contributed by atoms with E-state index in [4.69, 9.17) is 27.3 Å². The number of imidazole rings is 1. The fraction of sp³-hybridized carbons (Fsp3) is 0.458. The molecule has 1 unspecified atom stereocenters. The molecular weight excluding hydrogens is 506 g/mol. The van der Waals surface area contributed by atoms with E-state index in [1.54, 1.807) is 0 Å². The van der Waals surface area contributed by atoms with Crippen LogP contribution in [0.15, 0.2) is 18.3 Å². The maximum atomic E-state index is 14.8. The van der Waals surface area contributed by atoms with E-state index >= 15 is 0 Å². The van der Waals surface area contributed by atoms with Gasteiger partial charge in [-0.2, -0.15) is 10.2 Å². The standard InChI is InChI=1S/C24H25ClF2N8O2/c25-15-7-12(9-28)8-16(26)20(15)33-24-32-19-10-30-23(31-18-5-6-37-11-17(18)27)34-22(19)35(24)14-3-1-13(2-4-14)21(29)36/h7-8,10,13-14,17-18H,1-6,11H2,(H2,29,36)(H,32,33)(H,30,31,34)/t13?,14?,17-,18?/m1/s1. The number of rotatable bonds is 6. The molecule has 37 heavy (non-hydrogen) atoms. The molecule has 2 aromatic heterocycles. The molecule has 1 aromatic carbocycles. The smallest absolute Gasteiger partial charge is 0.225 e. The lowest BCUT2D eigenvalue weighted by Gasteiger charge is -2.29. The number of fused-ring (bicyclic) bond motifs is 1. The summed E-state index contributed by atoms with van der Waals surface area (Å²) in [5.41, 5.74) is 6.48. The van der Waals surface area contributed by atoms with Gasteiger partial charge in [-0.1, -0.05) is 11.6 Å². The highest BCUT2D eigenvalue weighted by Gasteiger charge is 2.30. The predicted molar refractivity (Wildman–Crippen MR) is 133 cm³/mol. The Bertz CT molecular complexity index is 1350. The summed E-state index contributed by atoms with van der Waals surface area (Å²) in [6, 6.07) is 3.71. The molecule has 194 valence electrons. The van der Waals surface area contributed by atoms with Crippen LogP contribution >= 0.6 is 11.6 Å². The number of amides is 1. The van der Waals surface area contributed by atoms with Crippen molar-refractivity contribution in [3.63, 3.8) is 0 Å². The molecule has 3 aromatic rings. The monoisotopic (exact) mass is 530 g/mol. The molecule has 0 bridgehead atoms. The van der Waals surface area contributed by atoms with Crippen molar-refractivity contribution in [2.45, 2.75) is 50.4 Å². The molecule has 2 fully saturated rings. The van der Waals surface area contributed by atoms with Crippen molar-refractivity contribution >= 4 is 46.3 Å². The van der Waals surface area contributed by atoms with Gasteiger partial charge in [0.2, 0.25) is 17.8 Å². The van der Waals surface area contributed by atoms with Crippen molar-refractivity contribution in [3.8, 4) is 6.07 Å². The molecule has 1 saturated carbocycles. The number of nitriles is 1. The second kappa shape index (κ2) is 10.4. The molecule has 1 saturated heterocycles. The van der Waals surface area contributed by atoms with Crippen LogP contribution in [0.1, 0.15) is 43.7 Å². The number of aromatic nitrogens is 4. The highest BCUT2D eigenvalue weighted by Crippen LogP contribution is 2.38. The van der Waals surface area contributed by atoms with Crippen LogP contribution in [0.5, 0.6) is 0 Å². The fourth-order valence-electron chi connectivity index (χ4n) is 4.91. The Balaban J connectivity index is 1.53. The summed E-state index contributed by atoms with van der Waals surface area (Å²) in [6.07, 6.45) is 3.22. The first-order chi connectivity index (χ1) is 17.8. The van der Waals surface area contributed by atoms with Gasteiger partial charge in [0, 0.05) is 18.6 Å². The molecule has 5 rings (SSSR count). The second-order valence-corrected chi connectivity index (χ2v) is 9.70. The third-order valence-electron chi connectivity index (χ3n) is 6.91. The Morgan fingerprint density at radius 3 is 2.70 bits per heavy atom. The van der Waals surface area contributed by atoms with Crippen LogP contribution in [0.4, 0.5) is 26.4 Å². The lowest BCUT2D eigenvalue weighted by molar-refractivity contribution is -0.122. The SMILES string of the molecule is N#Cc1cc(F)c(Nc2nc3cnc(NC4CCOC[C@H]4F)nc3n2C2CCC(C(N)=O)CC2)c(Cl)c1. The summed E-state index contributed by atoms with van der Waals surface area (Å²) < 4.78 is 36.2. The van der Waals surface area contributed by atoms with E-state index in [1.807, 2.05) is 10.6 Å². The van der Waals surface area contributed by atoms with Gasteiger partial charge >= 0.3 is 0 Å². The molecular formula is C24H25ClF2N8O2. The summed E-state index contributed by atoms with van der Waals surface area (Å²) in [6.45, 7) is 0.443. The molecule has 3 heterocycles. The average molecular weight is 531 g/mol. The number of ether oxygens (including phenoxy) is 1. The molecule has 0 radical (unpaired) electrons. The zero-order valence-electron chi connectivity index (χ0n) is 19.8. The van der Waals surface area contributed by atoms with Crippen LogP contribution in [0, 0.1) is 23.1 Å². The lowest BCUT2D eigenvalue weighted by atomic mass is 9.85. The molecule has 1 aliphatic carbocycles. The lowest BCUT2D eigenvalue weighted by Crippen LogP contribution is -2.39. The van der Waals surface area contributed by atoms with Crippen molar-refractivity contribution in [3.05, 3.63) is 34.7 Å². The number of nitrogens with one attached hydrogen (secondary N) is 2. The molecule has 10 nitrogen and oxygen atoms in total. The number of carbonyl (C=O) groups is 1. The summed E-state index contributed by atoms with van der Waals surface area (Å²) in [4.78, 5) is 25.2. The largest absolute Gasteiger partial charge is 0.378 e. The summed E-state index contributed by atoms with van der Waals surface area (Å²) in [7, 11) is 0. The number of halogens is 3. The third kappa shape index (κ3) is 5.14. The van der Waals surface area contributed by atoms with Crippen LogP contribution in [-0.4, -0.2) is 50.9 Å². The number of benzene rings is 1. The van der Waals surface area contributed by atoms with E-state index in [-0.39, 0.29) is 52.6 Å². The van der Waals surface area contributed by atoms with Crippen LogP contribution in [0.2, 0.25) is 5.02 Å². The van der Waals surface area contributed by atoms with Gasteiger partial charge < -0.3 is 21.1 Å². The first-order valence-electron chi connectivity index (χ1n) is 12.0. The third-order valence-corrected chi connectivity index (χ3v) is 7.20. The van der Waals surface area contributed by atoms with E-state index in [2.05, 4.69) is 25.6 Å². The minimum Gasteiger partial charge on any atom is -0.378 e. The number of anilines is 3. The quantitative estimate of drug-likeness (QED) is 0.434. The van der Waals surface area contributed by atoms with Crippen LogP contribution in [-0.2, 0) is 9.53 Å². The number of nitrogens with two attached hydrogens (primary N) is 1. The maximum Gasteiger partial charge on any atom is 0.225 e. The summed E-state index contributed by atoms with van der Waals surface area (Å²) in [5.74, 6) is -0.728. The number of alkyl halides is 1. The number of carbonyl (C=O) groups excluding carboxylic acids is 1. The van der Waals surface area contributed by atoms with Gasteiger partial charge in [0.05, 0.1) is 41.2 Å². The van der Waals surface area contributed by atoms with Crippen molar-refractivity contribution in [2.24, 2.45) is 11.7 Å². The number of hydrogen-bond donors (Lipinski definition) is 3. The van der Waals surface area contributed by atoms with E-state index in [0.29, 0.717) is 49.9 Å². The molecule has 1 aliphatic heterocycles. The van der Waals surface area contributed by atoms with Gasteiger partial charge in [-0.05, 0) is 44.2 Å². The molecule has 4 N–H and O–H groups in total. The number of hydrogen-bond acceptors (Lipinski definition) is 8. The Morgan fingerprint density at radius 1 is 1.24 bits per heavy atom. The van der Waals surface area contributed by atoms with Gasteiger partial charge in [0.25, 0.3) is 0 Å². The Kier molecular flexibility index (Phi) is 7.08. The van der Waals surface area contributed by atoms with Crippen LogP contribution in [0.3, 0.4) is 0 Å². The van der Waals surface area contributed by atoms with E-state index in [9.17, 15) is 13.6 Å². The predicted octanol–water partition coefficient (Wildman–Crippen LogP) is 3.99. The molecule has 2 atom stereocenters. The van der Waals surface area contributed by atoms with Gasteiger partial charge in [-0.3, -0.25) is 9.36 Å². The normalized spacial score (nSPS) is 23.9. The van der Waals surface area contributed by atoms with E-state index in [0.717, 1.165) is 6.07 Å². The molecule has 0 spiro atoms. The maximum absolute atomic E-state index is 14.8. The highest BCUT2D eigenvalue weighted by atomic mass is 35.5. The van der Waals surface area contributed by atoms with Gasteiger partial charge in [-0.25, -0.2) is 18.7 Å². The fourth-order valence-corrected chi connectivity index (χ4v) is 5.17. The first-order valence-corrected chi connectivity index (χ1v) is 12.4. The molecule has 1 amide bonds. The van der Waals surface area contributed by atoms with Gasteiger partial charge in [-0.15, -0.1) is 0 Å². The van der Waals surface area contributed by atoms with E-state index in [1.165, 1.54) is 12.3 Å². The zero-order chi connectivity index (χ0) is 26.1. The first kappa shape index (κ1) is 25.1. The molecule has 13 heteroatoms. The van der Waals surface area contributed by atoms with Crippen molar-refractivity contribution in [1.29, 1.82) is 5.26 Å². The van der Waals surface area contributed by atoms with Crippen molar-refractivity contribution in [2.75, 3.05) is 23.8 Å². The average Bonchev–Trinajstić information content (AvgIpc) is 3.24. The summed E-state index contributed by atoms with van der Waals surface area (Å²) >= 11 is 6.28. The molecule has 2 aliphatic rings. The second-order valence-electron chi connectivity index (χ2n) is 9.30. The Labute approximate surface area is 216 Å². The Hall–Kier alpha value is -3.56. The Morgan fingerprint density at radius 2 is 2.03 bits per heavy atom.